The second-order valence-electron chi connectivity index (χ2n) is 8.63. The number of amides is 2. The number of piperazine rings is 2. The largest absolute Gasteiger partial charge is 0.455 e. The van der Waals surface area contributed by atoms with Crippen LogP contribution in [-0.2, 0) is 17.0 Å². The van der Waals surface area contributed by atoms with Gasteiger partial charge in [-0.05, 0) is 25.1 Å². The van der Waals surface area contributed by atoms with Gasteiger partial charge in [0.25, 0.3) is 5.91 Å². The monoisotopic (exact) mass is 486 g/mol. The SMILES string of the molecule is CCc1cc(N2CCN(CC)CC2)nc(SCc2ccc(C(=O)N3CCN(C(C)=O)CC3)o2)n1. The molecule has 10 heteroatoms. The number of thioether (sulfide) groups is 1. The van der Waals surface area contributed by atoms with Crippen molar-refractivity contribution in [2.75, 3.05) is 63.8 Å². The Labute approximate surface area is 205 Å². The van der Waals surface area contributed by atoms with Gasteiger partial charge in [-0.1, -0.05) is 25.6 Å². The Hall–Kier alpha value is -2.59. The molecule has 2 aliphatic heterocycles. The molecule has 2 aliphatic rings. The average Bonchev–Trinajstić information content (AvgIpc) is 3.36. The molecule has 2 fully saturated rings. The highest BCUT2D eigenvalue weighted by Crippen LogP contribution is 2.25. The molecule has 0 bridgehead atoms. The first-order valence-electron chi connectivity index (χ1n) is 12.1. The molecule has 0 spiro atoms. The average molecular weight is 487 g/mol. The van der Waals surface area contributed by atoms with Gasteiger partial charge in [0.05, 0.1) is 5.75 Å². The molecule has 4 rings (SSSR count). The molecule has 0 aromatic carbocycles. The van der Waals surface area contributed by atoms with Gasteiger partial charge in [0.2, 0.25) is 5.91 Å². The van der Waals surface area contributed by atoms with Crippen molar-refractivity contribution in [2.24, 2.45) is 0 Å². The minimum atomic E-state index is -0.128. The maximum absolute atomic E-state index is 12.8. The molecule has 2 aromatic rings. The van der Waals surface area contributed by atoms with Crippen molar-refractivity contribution in [2.45, 2.75) is 38.1 Å². The van der Waals surface area contributed by atoms with Crippen LogP contribution in [0.25, 0.3) is 0 Å². The van der Waals surface area contributed by atoms with Crippen molar-refractivity contribution in [3.63, 3.8) is 0 Å². The summed E-state index contributed by atoms with van der Waals surface area (Å²) in [6.45, 7) is 13.2. The van der Waals surface area contributed by atoms with Crippen LogP contribution in [0.3, 0.4) is 0 Å². The van der Waals surface area contributed by atoms with Gasteiger partial charge >= 0.3 is 0 Å². The normalized spacial score (nSPS) is 17.3. The molecule has 2 saturated heterocycles. The molecular formula is C24H34N6O3S. The number of aromatic nitrogens is 2. The number of carbonyl (C=O) groups excluding carboxylic acids is 2. The smallest absolute Gasteiger partial charge is 0.289 e. The van der Waals surface area contributed by atoms with Crippen LogP contribution < -0.4 is 4.90 Å². The van der Waals surface area contributed by atoms with E-state index in [0.29, 0.717) is 37.7 Å². The third-order valence-electron chi connectivity index (χ3n) is 6.48. The lowest BCUT2D eigenvalue weighted by atomic mass is 10.2. The van der Waals surface area contributed by atoms with E-state index >= 15 is 0 Å². The van der Waals surface area contributed by atoms with Gasteiger partial charge in [0.1, 0.15) is 11.6 Å². The molecule has 0 unspecified atom stereocenters. The molecule has 9 nitrogen and oxygen atoms in total. The van der Waals surface area contributed by atoms with E-state index in [4.69, 9.17) is 14.4 Å². The Morgan fingerprint density at radius 1 is 0.971 bits per heavy atom. The molecule has 0 saturated carbocycles. The summed E-state index contributed by atoms with van der Waals surface area (Å²) in [7, 11) is 0. The topological polar surface area (TPSA) is 86.0 Å². The number of anilines is 1. The van der Waals surface area contributed by atoms with Crippen molar-refractivity contribution in [1.29, 1.82) is 0 Å². The summed E-state index contributed by atoms with van der Waals surface area (Å²) in [4.78, 5) is 42.1. The lowest BCUT2D eigenvalue weighted by Gasteiger charge is -2.34. The molecule has 0 radical (unpaired) electrons. The van der Waals surface area contributed by atoms with Crippen molar-refractivity contribution in [3.05, 3.63) is 35.4 Å². The van der Waals surface area contributed by atoms with Gasteiger partial charge in [0.15, 0.2) is 10.9 Å². The van der Waals surface area contributed by atoms with Crippen LogP contribution in [0.5, 0.6) is 0 Å². The van der Waals surface area contributed by atoms with Crippen LogP contribution in [0.2, 0.25) is 0 Å². The molecule has 184 valence electrons. The third-order valence-corrected chi connectivity index (χ3v) is 7.35. The first-order chi connectivity index (χ1) is 16.5. The lowest BCUT2D eigenvalue weighted by molar-refractivity contribution is -0.130. The fourth-order valence-electron chi connectivity index (χ4n) is 4.25. The highest BCUT2D eigenvalue weighted by Gasteiger charge is 2.25. The van der Waals surface area contributed by atoms with E-state index in [1.165, 1.54) is 11.8 Å². The summed E-state index contributed by atoms with van der Waals surface area (Å²) in [6, 6.07) is 5.68. The van der Waals surface area contributed by atoms with Crippen LogP contribution in [0.1, 0.15) is 42.8 Å². The molecular weight excluding hydrogens is 452 g/mol. The fraction of sp³-hybridized carbons (Fsp3) is 0.583. The summed E-state index contributed by atoms with van der Waals surface area (Å²) in [5, 5.41) is 0.733. The van der Waals surface area contributed by atoms with Crippen LogP contribution >= 0.6 is 11.8 Å². The molecule has 0 aliphatic carbocycles. The number of likely N-dealkylation sites (N-methyl/N-ethyl adjacent to an activating group) is 1. The van der Waals surface area contributed by atoms with Crippen LogP contribution in [-0.4, -0.2) is 95.4 Å². The lowest BCUT2D eigenvalue weighted by Crippen LogP contribution is -2.50. The predicted molar refractivity (Wildman–Crippen MR) is 132 cm³/mol. The van der Waals surface area contributed by atoms with Gasteiger partial charge in [-0.15, -0.1) is 0 Å². The Balaban J connectivity index is 1.36. The number of aryl methyl sites for hydroxylation is 1. The molecule has 2 aromatic heterocycles. The van der Waals surface area contributed by atoms with Gasteiger partial charge in [-0.3, -0.25) is 9.59 Å². The highest BCUT2D eigenvalue weighted by atomic mass is 32.2. The molecule has 0 N–H and O–H groups in total. The molecule has 34 heavy (non-hydrogen) atoms. The summed E-state index contributed by atoms with van der Waals surface area (Å²) in [5.41, 5.74) is 1.03. The van der Waals surface area contributed by atoms with E-state index in [-0.39, 0.29) is 11.8 Å². The summed E-state index contributed by atoms with van der Waals surface area (Å²) >= 11 is 1.53. The Morgan fingerprint density at radius 2 is 1.68 bits per heavy atom. The number of hydrogen-bond donors (Lipinski definition) is 0. The zero-order valence-electron chi connectivity index (χ0n) is 20.3. The summed E-state index contributed by atoms with van der Waals surface area (Å²) in [6.07, 6.45) is 0.855. The van der Waals surface area contributed by atoms with E-state index in [1.807, 2.05) is 6.07 Å². The maximum Gasteiger partial charge on any atom is 0.289 e. The Bertz CT molecular complexity index is 996. The second-order valence-corrected chi connectivity index (χ2v) is 9.57. The zero-order valence-corrected chi connectivity index (χ0v) is 21.1. The first-order valence-corrected chi connectivity index (χ1v) is 13.1. The number of rotatable bonds is 7. The maximum atomic E-state index is 12.8. The highest BCUT2D eigenvalue weighted by molar-refractivity contribution is 7.98. The number of furan rings is 1. The predicted octanol–water partition coefficient (Wildman–Crippen LogP) is 2.37. The molecule has 0 atom stereocenters. The van der Waals surface area contributed by atoms with Gasteiger partial charge in [-0.2, -0.15) is 0 Å². The summed E-state index contributed by atoms with van der Waals surface area (Å²) in [5.74, 6) is 2.53. The van der Waals surface area contributed by atoms with E-state index in [1.54, 1.807) is 22.8 Å². The van der Waals surface area contributed by atoms with Gasteiger partial charge < -0.3 is 24.0 Å². The van der Waals surface area contributed by atoms with E-state index in [0.717, 1.165) is 61.6 Å². The number of carbonyl (C=O) groups is 2. The first kappa shape index (κ1) is 24.5. The number of nitrogens with zero attached hydrogens (tertiary/aromatic N) is 6. The van der Waals surface area contributed by atoms with Crippen molar-refractivity contribution in [1.82, 2.24) is 24.7 Å². The van der Waals surface area contributed by atoms with Crippen LogP contribution in [0.4, 0.5) is 5.82 Å². The van der Waals surface area contributed by atoms with Gasteiger partial charge in [0, 0.05) is 71.0 Å². The Morgan fingerprint density at radius 3 is 2.32 bits per heavy atom. The summed E-state index contributed by atoms with van der Waals surface area (Å²) < 4.78 is 5.86. The quantitative estimate of drug-likeness (QED) is 0.436. The van der Waals surface area contributed by atoms with Crippen molar-refractivity contribution < 1.29 is 14.0 Å². The molecule has 2 amide bonds. The third kappa shape index (κ3) is 5.90. The van der Waals surface area contributed by atoms with E-state index < -0.39 is 0 Å². The minimum absolute atomic E-state index is 0.0464. The Kier molecular flexibility index (Phi) is 8.10. The minimum Gasteiger partial charge on any atom is -0.455 e. The van der Waals surface area contributed by atoms with Crippen LogP contribution in [0.15, 0.2) is 27.8 Å². The van der Waals surface area contributed by atoms with Crippen molar-refractivity contribution >= 4 is 29.4 Å². The van der Waals surface area contributed by atoms with Crippen molar-refractivity contribution in [3.8, 4) is 0 Å². The zero-order chi connectivity index (χ0) is 24.1. The second kappa shape index (κ2) is 11.2. The molecule has 4 heterocycles. The van der Waals surface area contributed by atoms with E-state index in [2.05, 4.69) is 29.7 Å². The number of hydrogen-bond acceptors (Lipinski definition) is 8. The van der Waals surface area contributed by atoms with Gasteiger partial charge in [-0.25, -0.2) is 9.97 Å². The fourth-order valence-corrected chi connectivity index (χ4v) is 5.01. The van der Waals surface area contributed by atoms with Crippen LogP contribution in [0, 0.1) is 0 Å². The van der Waals surface area contributed by atoms with E-state index in [9.17, 15) is 9.59 Å². The standard InChI is InChI=1S/C24H34N6O3S/c1-4-19-16-22(29-10-8-27(5-2)9-11-29)26-24(25-19)34-17-20-6-7-21(33-20)23(32)30-14-12-28(13-15-30)18(3)31/h6-7,16H,4-5,8-15,17H2,1-3H3.